The van der Waals surface area contributed by atoms with E-state index in [-0.39, 0.29) is 42.0 Å². The van der Waals surface area contributed by atoms with Gasteiger partial charge in [-0.3, -0.25) is 4.79 Å². The number of piperidine rings is 1. The first-order valence-corrected chi connectivity index (χ1v) is 15.7. The van der Waals surface area contributed by atoms with Crippen molar-refractivity contribution in [1.82, 2.24) is 20.2 Å². The quantitative estimate of drug-likeness (QED) is 0.389. The Morgan fingerprint density at radius 3 is 2.51 bits per heavy atom. The first-order valence-electron chi connectivity index (χ1n) is 15.7. The largest absolute Gasteiger partial charge is 0.573 e. The molecule has 2 aromatic rings. The maximum atomic E-state index is 13.7. The van der Waals surface area contributed by atoms with E-state index in [1.807, 2.05) is 11.8 Å². The second kappa shape index (κ2) is 15.1. The number of nitrogens with one attached hydrogen (secondary N) is 1. The van der Waals surface area contributed by atoms with Gasteiger partial charge in [-0.2, -0.15) is 9.97 Å². The van der Waals surface area contributed by atoms with Crippen LogP contribution in [0.1, 0.15) is 78.4 Å². The van der Waals surface area contributed by atoms with E-state index in [9.17, 15) is 18.0 Å². The summed E-state index contributed by atoms with van der Waals surface area (Å²) in [7, 11) is 3.20. The Bertz CT molecular complexity index is 1270. The number of ether oxygens (including phenoxy) is 5. The lowest BCUT2D eigenvalue weighted by atomic mass is 9.95. The lowest BCUT2D eigenvalue weighted by Gasteiger charge is -2.38. The fourth-order valence-corrected chi connectivity index (χ4v) is 6.46. The number of aryl methyl sites for hydroxylation is 1. The van der Waals surface area contributed by atoms with Crippen molar-refractivity contribution in [2.45, 2.75) is 95.0 Å². The number of benzene rings is 1. The SMILES string of the molecule is COc1nc(CC[C@H]2CCC[C@@H](c3ccc(OC(F)(F)F)cc3)O2)c(C)c(C(=O)N2CCC(N[C@@H]3CCOC[C@@H]3OC)CC2)n1. The maximum Gasteiger partial charge on any atom is 0.573 e. The molecule has 0 bridgehead atoms. The second-order valence-electron chi connectivity index (χ2n) is 11.9. The molecule has 1 N–H and O–H groups in total. The van der Waals surface area contributed by atoms with Crippen LogP contribution in [0.4, 0.5) is 13.2 Å². The van der Waals surface area contributed by atoms with Gasteiger partial charge in [-0.15, -0.1) is 13.2 Å². The molecule has 1 amide bonds. The third kappa shape index (κ3) is 8.84. The second-order valence-corrected chi connectivity index (χ2v) is 11.9. The number of alkyl halides is 3. The van der Waals surface area contributed by atoms with E-state index in [0.29, 0.717) is 44.3 Å². The maximum absolute atomic E-state index is 13.7. The molecule has 3 aliphatic heterocycles. The van der Waals surface area contributed by atoms with Gasteiger partial charge in [-0.1, -0.05) is 12.1 Å². The predicted octanol–water partition coefficient (Wildman–Crippen LogP) is 4.93. The highest BCUT2D eigenvalue weighted by atomic mass is 19.4. The lowest BCUT2D eigenvalue weighted by Crippen LogP contribution is -2.54. The number of amides is 1. The highest BCUT2D eigenvalue weighted by Crippen LogP contribution is 2.34. The molecule has 3 aliphatic rings. The molecule has 5 rings (SSSR count). The zero-order chi connectivity index (χ0) is 32.0. The number of hydrogen-bond donors (Lipinski definition) is 1. The van der Waals surface area contributed by atoms with Crippen molar-refractivity contribution >= 4 is 5.91 Å². The van der Waals surface area contributed by atoms with Crippen molar-refractivity contribution in [3.8, 4) is 11.8 Å². The van der Waals surface area contributed by atoms with E-state index in [2.05, 4.69) is 20.0 Å². The number of hydrogen-bond acceptors (Lipinski definition) is 9. The molecule has 10 nitrogen and oxygen atoms in total. The van der Waals surface area contributed by atoms with Gasteiger partial charge in [0.1, 0.15) is 11.4 Å². The smallest absolute Gasteiger partial charge is 0.467 e. The summed E-state index contributed by atoms with van der Waals surface area (Å²) in [5.41, 5.74) is 2.65. The van der Waals surface area contributed by atoms with Crippen LogP contribution in [0.2, 0.25) is 0 Å². The van der Waals surface area contributed by atoms with E-state index < -0.39 is 6.36 Å². The molecule has 0 unspecified atom stereocenters. The van der Waals surface area contributed by atoms with Crippen molar-refractivity contribution in [2.24, 2.45) is 0 Å². The number of rotatable bonds is 10. The standard InChI is InChI=1S/C32H43F3N4O6/c1-20-25(12-11-23-5-4-6-27(44-23)21-7-9-24(10-8-21)45-32(33,34)35)37-31(42-3)38-29(20)30(40)39-16-13-22(14-17-39)36-26-15-18-43-19-28(26)41-2/h7-10,22-23,26-28,36H,4-6,11-19H2,1-3H3/t23-,26-,27+,28+/m1/s1. The Morgan fingerprint density at radius 2 is 1.82 bits per heavy atom. The summed E-state index contributed by atoms with van der Waals surface area (Å²) in [6.07, 6.45) is 1.42. The van der Waals surface area contributed by atoms with Gasteiger partial charge in [0.05, 0.1) is 37.7 Å². The van der Waals surface area contributed by atoms with Crippen LogP contribution in [0.15, 0.2) is 24.3 Å². The van der Waals surface area contributed by atoms with E-state index in [0.717, 1.165) is 62.0 Å². The van der Waals surface area contributed by atoms with Crippen LogP contribution in [0.5, 0.6) is 11.8 Å². The number of halogens is 3. The first-order chi connectivity index (χ1) is 21.6. The number of carbonyl (C=O) groups excluding carboxylic acids is 1. The Hall–Kier alpha value is -3.00. The Morgan fingerprint density at radius 1 is 1.07 bits per heavy atom. The molecule has 0 saturated carbocycles. The molecule has 4 atom stereocenters. The normalized spacial score (nSPS) is 24.8. The number of likely N-dealkylation sites (tertiary alicyclic amines) is 1. The summed E-state index contributed by atoms with van der Waals surface area (Å²) in [4.78, 5) is 24.6. The summed E-state index contributed by atoms with van der Waals surface area (Å²) in [5.74, 6) is -0.381. The molecule has 248 valence electrons. The number of aromatic nitrogens is 2. The first kappa shape index (κ1) is 33.4. The third-order valence-corrected chi connectivity index (χ3v) is 8.99. The summed E-state index contributed by atoms with van der Waals surface area (Å²) >= 11 is 0. The van der Waals surface area contributed by atoms with Crippen LogP contribution in [0, 0.1) is 6.92 Å². The zero-order valence-electron chi connectivity index (χ0n) is 26.1. The fraction of sp³-hybridized carbons (Fsp3) is 0.656. The third-order valence-electron chi connectivity index (χ3n) is 8.99. The topological polar surface area (TPSA) is 104 Å². The molecule has 45 heavy (non-hydrogen) atoms. The average molecular weight is 637 g/mol. The molecule has 13 heteroatoms. The Balaban J connectivity index is 1.17. The minimum absolute atomic E-state index is 0.0335. The monoisotopic (exact) mass is 636 g/mol. The van der Waals surface area contributed by atoms with E-state index in [4.69, 9.17) is 18.9 Å². The van der Waals surface area contributed by atoms with Crippen LogP contribution in [0.25, 0.3) is 0 Å². The number of nitrogens with zero attached hydrogens (tertiary/aromatic N) is 3. The summed E-state index contributed by atoms with van der Waals surface area (Å²) in [5, 5.41) is 3.72. The highest BCUT2D eigenvalue weighted by molar-refractivity contribution is 5.94. The molecule has 4 heterocycles. The molecular formula is C32H43F3N4O6. The molecule has 1 aromatic carbocycles. The lowest BCUT2D eigenvalue weighted by molar-refractivity contribution is -0.274. The molecular weight excluding hydrogens is 593 g/mol. The minimum atomic E-state index is -4.73. The predicted molar refractivity (Wildman–Crippen MR) is 158 cm³/mol. The Kier molecular flexibility index (Phi) is 11.2. The van der Waals surface area contributed by atoms with Crippen molar-refractivity contribution in [3.05, 3.63) is 46.8 Å². The molecule has 0 aliphatic carbocycles. The Labute approximate surface area is 261 Å². The van der Waals surface area contributed by atoms with Crippen LogP contribution in [-0.4, -0.2) is 92.0 Å². The van der Waals surface area contributed by atoms with Gasteiger partial charge in [0.15, 0.2) is 0 Å². The summed E-state index contributed by atoms with van der Waals surface area (Å²) < 4.78 is 64.4. The molecule has 3 saturated heterocycles. The highest BCUT2D eigenvalue weighted by Gasteiger charge is 2.33. The summed E-state index contributed by atoms with van der Waals surface area (Å²) in [6, 6.07) is 6.56. The molecule has 0 radical (unpaired) electrons. The number of carbonyl (C=O) groups is 1. The van der Waals surface area contributed by atoms with Gasteiger partial charge < -0.3 is 33.9 Å². The van der Waals surface area contributed by atoms with Crippen molar-refractivity contribution in [1.29, 1.82) is 0 Å². The van der Waals surface area contributed by atoms with Crippen molar-refractivity contribution in [2.75, 3.05) is 40.5 Å². The van der Waals surface area contributed by atoms with E-state index >= 15 is 0 Å². The number of methoxy groups -OCH3 is 2. The van der Waals surface area contributed by atoms with Crippen LogP contribution >= 0.6 is 0 Å². The van der Waals surface area contributed by atoms with E-state index in [1.165, 1.54) is 19.2 Å². The molecule has 0 spiro atoms. The van der Waals surface area contributed by atoms with Gasteiger partial charge in [-0.05, 0) is 76.0 Å². The molecule has 1 aromatic heterocycles. The average Bonchev–Trinajstić information content (AvgIpc) is 3.04. The molecule has 3 fully saturated rings. The zero-order valence-corrected chi connectivity index (χ0v) is 26.1. The van der Waals surface area contributed by atoms with Gasteiger partial charge in [-0.25, -0.2) is 0 Å². The van der Waals surface area contributed by atoms with Crippen LogP contribution in [0.3, 0.4) is 0 Å². The van der Waals surface area contributed by atoms with Crippen molar-refractivity contribution < 1.29 is 41.7 Å². The minimum Gasteiger partial charge on any atom is -0.467 e. The van der Waals surface area contributed by atoms with Gasteiger partial charge in [0, 0.05) is 44.5 Å². The van der Waals surface area contributed by atoms with Crippen LogP contribution in [-0.2, 0) is 20.6 Å². The fourth-order valence-electron chi connectivity index (χ4n) is 6.46. The van der Waals surface area contributed by atoms with E-state index in [1.54, 1.807) is 19.2 Å². The van der Waals surface area contributed by atoms with Gasteiger partial charge >= 0.3 is 12.4 Å². The van der Waals surface area contributed by atoms with Gasteiger partial charge in [0.2, 0.25) is 0 Å². The van der Waals surface area contributed by atoms with Crippen molar-refractivity contribution in [3.63, 3.8) is 0 Å². The summed E-state index contributed by atoms with van der Waals surface area (Å²) in [6.45, 7) is 4.44. The van der Waals surface area contributed by atoms with Gasteiger partial charge in [0.25, 0.3) is 5.91 Å². The van der Waals surface area contributed by atoms with Crippen LogP contribution < -0.4 is 14.8 Å².